The maximum absolute atomic E-state index is 11.2. The number of thioether (sulfide) groups is 1. The van der Waals surface area contributed by atoms with Gasteiger partial charge in [0.25, 0.3) is 5.91 Å². The van der Waals surface area contributed by atoms with Crippen molar-refractivity contribution in [2.24, 2.45) is 22.4 Å². The summed E-state index contributed by atoms with van der Waals surface area (Å²) in [6, 6.07) is 0. The molecule has 0 aromatic carbocycles. The van der Waals surface area contributed by atoms with Gasteiger partial charge in [-0.15, -0.1) is 11.3 Å². The van der Waals surface area contributed by atoms with Crippen molar-refractivity contribution in [3.8, 4) is 0 Å². The first-order valence-electron chi connectivity index (χ1n) is 6.37. The number of amidine groups is 1. The molecule has 1 saturated heterocycles. The molecule has 0 saturated carbocycles. The number of hydrogen-bond acceptors (Lipinski definition) is 7. The van der Waals surface area contributed by atoms with Gasteiger partial charge in [0.15, 0.2) is 10.2 Å². The normalized spacial score (nSPS) is 33.4. The van der Waals surface area contributed by atoms with E-state index in [2.05, 4.69) is 16.9 Å². The predicted molar refractivity (Wildman–Crippen MR) is 79.9 cm³/mol. The molecule has 1 aromatic heterocycles. The summed E-state index contributed by atoms with van der Waals surface area (Å²) in [5, 5.41) is 0.868. The van der Waals surface area contributed by atoms with E-state index in [1.807, 2.05) is 0 Å². The van der Waals surface area contributed by atoms with Gasteiger partial charge in [0, 0.05) is 17.9 Å². The Kier molecular flexibility index (Phi) is 3.47. The maximum Gasteiger partial charge on any atom is 0.277 e. The highest BCUT2D eigenvalue weighted by Gasteiger charge is 2.48. The molecule has 3 heterocycles. The summed E-state index contributed by atoms with van der Waals surface area (Å²) in [6.07, 6.45) is 2.82. The summed E-state index contributed by atoms with van der Waals surface area (Å²) >= 11 is 2.87. The number of amides is 1. The SMILES string of the molecule is CC1CC2CSC(N)=NC2(c2cnc(C(N)=O)s2)CO1. The highest BCUT2D eigenvalue weighted by Crippen LogP contribution is 2.47. The van der Waals surface area contributed by atoms with Crippen LogP contribution in [0.25, 0.3) is 0 Å². The fraction of sp³-hybridized carbons (Fsp3) is 0.583. The second-order valence-electron chi connectivity index (χ2n) is 5.13. The lowest BCUT2D eigenvalue weighted by molar-refractivity contribution is -0.0454. The molecule has 0 aliphatic carbocycles. The van der Waals surface area contributed by atoms with Crippen molar-refractivity contribution < 1.29 is 9.53 Å². The zero-order valence-corrected chi connectivity index (χ0v) is 12.7. The van der Waals surface area contributed by atoms with E-state index < -0.39 is 11.4 Å². The van der Waals surface area contributed by atoms with Gasteiger partial charge < -0.3 is 16.2 Å². The molecule has 0 bridgehead atoms. The van der Waals surface area contributed by atoms with Gasteiger partial charge in [-0.25, -0.2) is 9.98 Å². The van der Waals surface area contributed by atoms with Gasteiger partial charge in [-0.1, -0.05) is 11.8 Å². The summed E-state index contributed by atoms with van der Waals surface area (Å²) in [4.78, 5) is 20.9. The minimum absolute atomic E-state index is 0.215. The maximum atomic E-state index is 11.2. The molecule has 8 heteroatoms. The van der Waals surface area contributed by atoms with Crippen LogP contribution in [0.3, 0.4) is 0 Å². The third-order valence-electron chi connectivity index (χ3n) is 3.76. The summed E-state index contributed by atoms with van der Waals surface area (Å²) in [5.41, 5.74) is 10.7. The van der Waals surface area contributed by atoms with Gasteiger partial charge >= 0.3 is 0 Å². The number of ether oxygens (including phenoxy) is 1. The van der Waals surface area contributed by atoms with Gasteiger partial charge in [-0.05, 0) is 13.3 Å². The van der Waals surface area contributed by atoms with E-state index in [9.17, 15) is 4.79 Å². The quantitative estimate of drug-likeness (QED) is 0.845. The molecule has 2 aliphatic heterocycles. The number of aliphatic imine (C=N–C) groups is 1. The van der Waals surface area contributed by atoms with Crippen LogP contribution in [0.1, 0.15) is 28.0 Å². The molecule has 2 aliphatic rings. The monoisotopic (exact) mass is 312 g/mol. The van der Waals surface area contributed by atoms with Crippen LogP contribution in [0.5, 0.6) is 0 Å². The van der Waals surface area contributed by atoms with Crippen LogP contribution in [0.15, 0.2) is 11.2 Å². The molecule has 3 atom stereocenters. The largest absolute Gasteiger partial charge is 0.379 e. The van der Waals surface area contributed by atoms with E-state index >= 15 is 0 Å². The number of nitrogens with zero attached hydrogens (tertiary/aromatic N) is 2. The molecular formula is C12H16N4O2S2. The average molecular weight is 312 g/mol. The van der Waals surface area contributed by atoms with Crippen LogP contribution in [-0.4, -0.2) is 34.5 Å². The van der Waals surface area contributed by atoms with Crippen molar-refractivity contribution in [2.75, 3.05) is 12.4 Å². The third kappa shape index (κ3) is 2.21. The minimum Gasteiger partial charge on any atom is -0.379 e. The number of thiazole rings is 1. The van der Waals surface area contributed by atoms with Crippen LogP contribution in [0.2, 0.25) is 0 Å². The van der Waals surface area contributed by atoms with Crippen LogP contribution in [0.4, 0.5) is 0 Å². The van der Waals surface area contributed by atoms with Crippen molar-refractivity contribution in [1.29, 1.82) is 0 Å². The number of carbonyl (C=O) groups excluding carboxylic acids is 1. The zero-order valence-electron chi connectivity index (χ0n) is 11.0. The number of rotatable bonds is 2. The van der Waals surface area contributed by atoms with Crippen LogP contribution in [-0.2, 0) is 10.3 Å². The first-order valence-corrected chi connectivity index (χ1v) is 8.17. The summed E-state index contributed by atoms with van der Waals surface area (Å²) in [6.45, 7) is 2.54. The van der Waals surface area contributed by atoms with Crippen LogP contribution >= 0.6 is 23.1 Å². The van der Waals surface area contributed by atoms with Crippen LogP contribution in [0, 0.1) is 5.92 Å². The van der Waals surface area contributed by atoms with Gasteiger partial charge in [-0.3, -0.25) is 4.79 Å². The lowest BCUT2D eigenvalue weighted by Gasteiger charge is -2.44. The topological polar surface area (TPSA) is 104 Å². The highest BCUT2D eigenvalue weighted by molar-refractivity contribution is 8.13. The van der Waals surface area contributed by atoms with Crippen molar-refractivity contribution >= 4 is 34.2 Å². The van der Waals surface area contributed by atoms with Crippen molar-refractivity contribution in [2.45, 2.75) is 25.0 Å². The van der Waals surface area contributed by atoms with E-state index in [4.69, 9.17) is 16.2 Å². The Morgan fingerprint density at radius 3 is 3.10 bits per heavy atom. The Morgan fingerprint density at radius 1 is 1.60 bits per heavy atom. The number of nitrogens with two attached hydrogens (primary N) is 2. The van der Waals surface area contributed by atoms with Gasteiger partial charge in [0.2, 0.25) is 0 Å². The van der Waals surface area contributed by atoms with E-state index in [1.165, 1.54) is 11.3 Å². The van der Waals surface area contributed by atoms with E-state index in [0.717, 1.165) is 17.1 Å². The fourth-order valence-corrected chi connectivity index (χ4v) is 4.69. The molecule has 108 valence electrons. The Morgan fingerprint density at radius 2 is 2.40 bits per heavy atom. The second kappa shape index (κ2) is 5.01. The first-order chi connectivity index (χ1) is 9.51. The Balaban J connectivity index is 2.04. The standard InChI is InChI=1S/C12H16N4O2S2/c1-6-2-7-4-19-11(14)16-12(7,5-18-6)8-3-15-10(20-8)9(13)17/h3,6-7H,2,4-5H2,1H3,(H2,13,17)(H2,14,16). The number of fused-ring (bicyclic) bond motifs is 1. The lowest BCUT2D eigenvalue weighted by Crippen LogP contribution is -2.49. The molecule has 1 aromatic rings. The Bertz CT molecular complexity index is 574. The van der Waals surface area contributed by atoms with Crippen molar-refractivity contribution in [3.05, 3.63) is 16.1 Å². The Hall–Kier alpha value is -1.12. The van der Waals surface area contributed by atoms with Crippen LogP contribution < -0.4 is 11.5 Å². The lowest BCUT2D eigenvalue weighted by atomic mass is 9.79. The van der Waals surface area contributed by atoms with E-state index in [-0.39, 0.29) is 6.10 Å². The summed E-state index contributed by atoms with van der Waals surface area (Å²) < 4.78 is 5.81. The van der Waals surface area contributed by atoms with Crippen molar-refractivity contribution in [1.82, 2.24) is 4.98 Å². The van der Waals surface area contributed by atoms with Gasteiger partial charge in [0.1, 0.15) is 5.54 Å². The zero-order chi connectivity index (χ0) is 14.3. The molecule has 1 fully saturated rings. The molecule has 20 heavy (non-hydrogen) atoms. The van der Waals surface area contributed by atoms with E-state index in [0.29, 0.717) is 22.7 Å². The molecule has 0 radical (unpaired) electrons. The van der Waals surface area contributed by atoms with Gasteiger partial charge in [-0.2, -0.15) is 0 Å². The third-order valence-corrected chi connectivity index (χ3v) is 5.90. The predicted octanol–water partition coefficient (Wildman–Crippen LogP) is 0.924. The Labute approximate surface area is 125 Å². The number of hydrogen-bond donors (Lipinski definition) is 2. The number of primary amides is 1. The molecule has 4 N–H and O–H groups in total. The minimum atomic E-state index is -0.513. The molecule has 6 nitrogen and oxygen atoms in total. The first kappa shape index (κ1) is 13.8. The van der Waals surface area contributed by atoms with Crippen molar-refractivity contribution in [3.63, 3.8) is 0 Å². The second-order valence-corrected chi connectivity index (χ2v) is 7.20. The molecule has 1 amide bonds. The molecular weight excluding hydrogens is 296 g/mol. The molecule has 3 unspecified atom stereocenters. The number of carbonyl (C=O) groups is 1. The van der Waals surface area contributed by atoms with Gasteiger partial charge in [0.05, 0.1) is 17.6 Å². The van der Waals surface area contributed by atoms with E-state index in [1.54, 1.807) is 18.0 Å². The fourth-order valence-electron chi connectivity index (χ4n) is 2.71. The summed E-state index contributed by atoms with van der Waals surface area (Å²) in [5.74, 6) is 0.735. The summed E-state index contributed by atoms with van der Waals surface area (Å²) in [7, 11) is 0. The average Bonchev–Trinajstić information content (AvgIpc) is 2.89. The smallest absolute Gasteiger partial charge is 0.277 e. The number of aromatic nitrogens is 1. The highest BCUT2D eigenvalue weighted by atomic mass is 32.2. The molecule has 0 spiro atoms. The molecule has 3 rings (SSSR count).